The van der Waals surface area contributed by atoms with E-state index in [2.05, 4.69) is 10.3 Å². The van der Waals surface area contributed by atoms with E-state index < -0.39 is 0 Å². The van der Waals surface area contributed by atoms with Crippen molar-refractivity contribution >= 4 is 5.91 Å². The van der Waals surface area contributed by atoms with Gasteiger partial charge in [-0.3, -0.25) is 4.79 Å². The van der Waals surface area contributed by atoms with Gasteiger partial charge < -0.3 is 15.8 Å². The molecule has 1 aromatic rings. The van der Waals surface area contributed by atoms with Crippen molar-refractivity contribution in [2.24, 2.45) is 17.6 Å². The number of nitrogens with one attached hydrogen (secondary N) is 1. The van der Waals surface area contributed by atoms with E-state index in [1.165, 1.54) is 0 Å². The SMILES string of the molecule is COc1ccc(C23CNCC2C3C(N)=O)cn1. The fourth-order valence-corrected chi connectivity index (χ4v) is 3.22. The summed E-state index contributed by atoms with van der Waals surface area (Å²) >= 11 is 0. The van der Waals surface area contributed by atoms with Crippen LogP contribution in [0.2, 0.25) is 0 Å². The first-order chi connectivity index (χ1) is 8.20. The topological polar surface area (TPSA) is 77.2 Å². The van der Waals surface area contributed by atoms with E-state index in [1.807, 2.05) is 12.1 Å². The lowest BCUT2D eigenvalue weighted by Crippen LogP contribution is -2.30. The largest absolute Gasteiger partial charge is 0.481 e. The minimum absolute atomic E-state index is 0.0426. The molecule has 2 heterocycles. The Bertz CT molecular complexity index is 459. The number of aromatic nitrogens is 1. The summed E-state index contributed by atoms with van der Waals surface area (Å²) in [5.41, 5.74) is 6.42. The van der Waals surface area contributed by atoms with Crippen molar-refractivity contribution in [1.29, 1.82) is 0 Å². The number of primary amides is 1. The van der Waals surface area contributed by atoms with Crippen LogP contribution in [0.25, 0.3) is 0 Å². The predicted molar refractivity (Wildman–Crippen MR) is 61.5 cm³/mol. The third-order valence-electron chi connectivity index (χ3n) is 4.08. The molecule has 1 saturated carbocycles. The van der Waals surface area contributed by atoms with Gasteiger partial charge in [-0.2, -0.15) is 0 Å². The first kappa shape index (κ1) is 10.5. The van der Waals surface area contributed by atoms with E-state index in [9.17, 15) is 4.79 Å². The molecule has 2 fully saturated rings. The van der Waals surface area contributed by atoms with Gasteiger partial charge in [-0.1, -0.05) is 6.07 Å². The highest BCUT2D eigenvalue weighted by molar-refractivity contribution is 5.84. The van der Waals surface area contributed by atoms with Crippen LogP contribution >= 0.6 is 0 Å². The quantitative estimate of drug-likeness (QED) is 0.749. The minimum Gasteiger partial charge on any atom is -0.481 e. The maximum atomic E-state index is 11.4. The summed E-state index contributed by atoms with van der Waals surface area (Å²) < 4.78 is 5.03. The maximum absolute atomic E-state index is 11.4. The second-order valence-corrected chi connectivity index (χ2v) is 4.75. The molecule has 3 unspecified atom stereocenters. The van der Waals surface area contributed by atoms with Crippen molar-refractivity contribution in [3.63, 3.8) is 0 Å². The number of amides is 1. The number of methoxy groups -OCH3 is 1. The van der Waals surface area contributed by atoms with E-state index in [0.29, 0.717) is 11.8 Å². The summed E-state index contributed by atoms with van der Waals surface area (Å²) in [6, 6.07) is 3.81. The Morgan fingerprint density at radius 3 is 3.00 bits per heavy atom. The Morgan fingerprint density at radius 2 is 2.47 bits per heavy atom. The number of nitrogens with two attached hydrogens (primary N) is 1. The number of pyridine rings is 1. The third-order valence-corrected chi connectivity index (χ3v) is 4.08. The first-order valence-electron chi connectivity index (χ1n) is 5.70. The van der Waals surface area contributed by atoms with Gasteiger partial charge in [0.05, 0.1) is 13.0 Å². The number of nitrogens with zero attached hydrogens (tertiary/aromatic N) is 1. The monoisotopic (exact) mass is 233 g/mol. The molecule has 0 aromatic carbocycles. The summed E-state index contributed by atoms with van der Waals surface area (Å²) in [5.74, 6) is 0.672. The molecule has 3 N–H and O–H groups in total. The maximum Gasteiger partial charge on any atom is 0.221 e. The smallest absolute Gasteiger partial charge is 0.221 e. The Kier molecular flexibility index (Phi) is 2.13. The van der Waals surface area contributed by atoms with Gasteiger partial charge in [-0.05, 0) is 18.0 Å². The van der Waals surface area contributed by atoms with Gasteiger partial charge in [0, 0.05) is 24.2 Å². The highest BCUT2D eigenvalue weighted by Gasteiger charge is 2.70. The standard InChI is InChI=1S/C12H15N3O2/c1-17-9-3-2-7(4-15-9)12-6-14-5-8(12)10(12)11(13)16/h2-4,8,10,14H,5-6H2,1H3,(H2,13,16). The summed E-state index contributed by atoms with van der Waals surface area (Å²) in [5, 5.41) is 3.31. The zero-order valence-corrected chi connectivity index (χ0v) is 9.64. The summed E-state index contributed by atoms with van der Waals surface area (Å²) in [6.07, 6.45) is 1.79. The Hall–Kier alpha value is -1.62. The highest BCUT2D eigenvalue weighted by atomic mass is 16.5. The van der Waals surface area contributed by atoms with E-state index in [4.69, 9.17) is 10.5 Å². The van der Waals surface area contributed by atoms with Crippen LogP contribution in [0.5, 0.6) is 5.88 Å². The third kappa shape index (κ3) is 1.29. The fraction of sp³-hybridized carbons (Fsp3) is 0.500. The first-order valence-corrected chi connectivity index (χ1v) is 5.70. The number of ether oxygens (including phenoxy) is 1. The van der Waals surface area contributed by atoms with Gasteiger partial charge in [-0.15, -0.1) is 0 Å². The normalized spacial score (nSPS) is 34.2. The Morgan fingerprint density at radius 1 is 1.65 bits per heavy atom. The number of carbonyl (C=O) groups excluding carboxylic acids is 1. The molecule has 5 heteroatoms. The molecule has 1 aliphatic carbocycles. The van der Waals surface area contributed by atoms with Crippen LogP contribution in [0.15, 0.2) is 18.3 Å². The molecule has 5 nitrogen and oxygen atoms in total. The lowest BCUT2D eigenvalue weighted by Gasteiger charge is -2.14. The van der Waals surface area contributed by atoms with Crippen LogP contribution < -0.4 is 15.8 Å². The second kappa shape index (κ2) is 3.43. The van der Waals surface area contributed by atoms with Crippen molar-refractivity contribution in [3.8, 4) is 5.88 Å². The van der Waals surface area contributed by atoms with Gasteiger partial charge >= 0.3 is 0 Å². The highest BCUT2D eigenvalue weighted by Crippen LogP contribution is 2.61. The molecule has 2 aliphatic rings. The molecule has 1 aromatic heterocycles. The van der Waals surface area contributed by atoms with E-state index >= 15 is 0 Å². The molecule has 0 bridgehead atoms. The van der Waals surface area contributed by atoms with Crippen molar-refractivity contribution < 1.29 is 9.53 Å². The Labute approximate surface area is 99.4 Å². The van der Waals surface area contributed by atoms with Crippen molar-refractivity contribution in [2.45, 2.75) is 5.41 Å². The van der Waals surface area contributed by atoms with Gasteiger partial charge in [-0.25, -0.2) is 4.98 Å². The molecule has 0 radical (unpaired) electrons. The second-order valence-electron chi connectivity index (χ2n) is 4.75. The molecule has 3 rings (SSSR count). The van der Waals surface area contributed by atoms with Crippen molar-refractivity contribution in [3.05, 3.63) is 23.9 Å². The number of hydrogen-bond donors (Lipinski definition) is 2. The summed E-state index contributed by atoms with van der Waals surface area (Å²) in [7, 11) is 1.59. The van der Waals surface area contributed by atoms with E-state index in [0.717, 1.165) is 18.7 Å². The molecule has 17 heavy (non-hydrogen) atoms. The van der Waals surface area contributed by atoms with Gasteiger partial charge in [0.2, 0.25) is 11.8 Å². The van der Waals surface area contributed by atoms with E-state index in [1.54, 1.807) is 13.3 Å². The molecule has 1 amide bonds. The van der Waals surface area contributed by atoms with Crippen LogP contribution in [0, 0.1) is 11.8 Å². The Balaban J connectivity index is 1.94. The minimum atomic E-state index is -0.202. The van der Waals surface area contributed by atoms with Crippen LogP contribution in [0.3, 0.4) is 0 Å². The number of hydrogen-bond acceptors (Lipinski definition) is 4. The molecule has 3 atom stereocenters. The van der Waals surface area contributed by atoms with Crippen LogP contribution in [0.4, 0.5) is 0 Å². The predicted octanol–water partition coefficient (Wildman–Crippen LogP) is -0.337. The number of rotatable bonds is 3. The number of fused-ring (bicyclic) bond motifs is 1. The summed E-state index contributed by atoms with van der Waals surface area (Å²) in [6.45, 7) is 1.67. The zero-order valence-electron chi connectivity index (χ0n) is 9.64. The lowest BCUT2D eigenvalue weighted by atomic mass is 9.94. The molecular weight excluding hydrogens is 218 g/mol. The average Bonchev–Trinajstić information content (AvgIpc) is 2.81. The summed E-state index contributed by atoms with van der Waals surface area (Å²) in [4.78, 5) is 15.6. The van der Waals surface area contributed by atoms with Crippen molar-refractivity contribution in [2.75, 3.05) is 20.2 Å². The van der Waals surface area contributed by atoms with Gasteiger partial charge in [0.15, 0.2) is 0 Å². The van der Waals surface area contributed by atoms with Gasteiger partial charge in [0.25, 0.3) is 0 Å². The molecule has 90 valence electrons. The van der Waals surface area contributed by atoms with Crippen LogP contribution in [0.1, 0.15) is 5.56 Å². The van der Waals surface area contributed by atoms with Gasteiger partial charge in [0.1, 0.15) is 0 Å². The van der Waals surface area contributed by atoms with Crippen LogP contribution in [-0.2, 0) is 10.2 Å². The van der Waals surface area contributed by atoms with E-state index in [-0.39, 0.29) is 17.2 Å². The molecule has 0 spiro atoms. The zero-order chi connectivity index (χ0) is 12.0. The average molecular weight is 233 g/mol. The fourth-order valence-electron chi connectivity index (χ4n) is 3.22. The molecule has 1 aliphatic heterocycles. The lowest BCUT2D eigenvalue weighted by molar-refractivity contribution is -0.120. The van der Waals surface area contributed by atoms with Crippen LogP contribution in [-0.4, -0.2) is 31.1 Å². The van der Waals surface area contributed by atoms with Crippen molar-refractivity contribution in [1.82, 2.24) is 10.3 Å². The molecular formula is C12H15N3O2. The number of carbonyl (C=O) groups is 1. The number of piperidine rings is 1. The molecule has 1 saturated heterocycles.